The summed E-state index contributed by atoms with van der Waals surface area (Å²) in [6, 6.07) is 14.4. The first-order valence-electron chi connectivity index (χ1n) is 10.2. The molecule has 0 amide bonds. The van der Waals surface area contributed by atoms with Gasteiger partial charge in [-0.3, -0.25) is 9.36 Å². The summed E-state index contributed by atoms with van der Waals surface area (Å²) in [5.74, 6) is 1.16. The lowest BCUT2D eigenvalue weighted by atomic mass is 10.0. The minimum atomic E-state index is -0.270. The molecule has 3 aromatic heterocycles. The summed E-state index contributed by atoms with van der Waals surface area (Å²) in [6.45, 7) is 2.05. The van der Waals surface area contributed by atoms with Gasteiger partial charge in [0.1, 0.15) is 16.5 Å². The molecule has 31 heavy (non-hydrogen) atoms. The summed E-state index contributed by atoms with van der Waals surface area (Å²) in [5, 5.41) is 5.46. The van der Waals surface area contributed by atoms with Crippen LogP contribution in [-0.2, 0) is 6.54 Å². The minimum Gasteiger partial charge on any atom is -0.359 e. The Hall–Kier alpha value is -3.32. The average Bonchev–Trinajstić information content (AvgIpc) is 3.42. The first kappa shape index (κ1) is 18.4. The predicted molar refractivity (Wildman–Crippen MR) is 119 cm³/mol. The van der Waals surface area contributed by atoms with Gasteiger partial charge in [-0.25, -0.2) is 9.37 Å². The number of nitrogens with zero attached hydrogens (tertiary/aromatic N) is 3. The first-order valence-corrected chi connectivity index (χ1v) is 11.0. The Kier molecular flexibility index (Phi) is 4.08. The molecule has 1 aliphatic carbocycles. The van der Waals surface area contributed by atoms with Gasteiger partial charge in [0.2, 0.25) is 0 Å². The molecule has 0 radical (unpaired) electrons. The van der Waals surface area contributed by atoms with Gasteiger partial charge < -0.3 is 4.52 Å². The van der Waals surface area contributed by atoms with Crippen LogP contribution in [0.15, 0.2) is 57.8 Å². The van der Waals surface area contributed by atoms with Crippen molar-refractivity contribution < 1.29 is 8.91 Å². The minimum absolute atomic E-state index is 0.127. The van der Waals surface area contributed by atoms with Crippen LogP contribution in [0.2, 0.25) is 0 Å². The second-order valence-corrected chi connectivity index (χ2v) is 9.08. The van der Waals surface area contributed by atoms with Crippen molar-refractivity contribution in [3.63, 3.8) is 0 Å². The van der Waals surface area contributed by atoms with Crippen molar-refractivity contribution in [3.8, 4) is 11.4 Å². The first-order chi connectivity index (χ1) is 15.1. The van der Waals surface area contributed by atoms with Gasteiger partial charge in [-0.1, -0.05) is 23.4 Å². The van der Waals surface area contributed by atoms with Gasteiger partial charge in [0.05, 0.1) is 17.6 Å². The fraction of sp³-hybridized carbons (Fsp3) is 0.208. The number of benzene rings is 2. The van der Waals surface area contributed by atoms with Gasteiger partial charge in [-0.2, -0.15) is 0 Å². The van der Waals surface area contributed by atoms with Crippen molar-refractivity contribution in [2.24, 2.45) is 0 Å². The molecule has 1 aliphatic rings. The lowest BCUT2D eigenvalue weighted by Crippen LogP contribution is -2.24. The fourth-order valence-corrected chi connectivity index (χ4v) is 5.24. The van der Waals surface area contributed by atoms with Crippen LogP contribution in [0, 0.1) is 12.7 Å². The van der Waals surface area contributed by atoms with Crippen LogP contribution >= 0.6 is 11.3 Å². The van der Waals surface area contributed by atoms with Crippen molar-refractivity contribution in [3.05, 3.63) is 81.7 Å². The molecule has 3 heterocycles. The Labute approximate surface area is 180 Å². The third-order valence-electron chi connectivity index (χ3n) is 5.76. The van der Waals surface area contributed by atoms with Crippen molar-refractivity contribution in [2.75, 3.05) is 0 Å². The molecule has 0 bridgehead atoms. The van der Waals surface area contributed by atoms with Gasteiger partial charge in [0.25, 0.3) is 5.56 Å². The topological polar surface area (TPSA) is 60.9 Å². The highest BCUT2D eigenvalue weighted by atomic mass is 32.1. The fourth-order valence-electron chi connectivity index (χ4n) is 4.17. The molecule has 5 nitrogen and oxygen atoms in total. The number of halogens is 1. The molecule has 154 valence electrons. The van der Waals surface area contributed by atoms with Crippen LogP contribution in [-0.4, -0.2) is 14.7 Å². The zero-order valence-electron chi connectivity index (χ0n) is 16.8. The molecule has 0 saturated heterocycles. The second kappa shape index (κ2) is 6.85. The number of hydrogen-bond donors (Lipinski definition) is 0. The standard InChI is InChI=1S/C24H18FN3O2S/c1-13-10-16(30-27-13)12-28-22(17-9-8-15(25)11-19(17)14-6-7-14)26-23-21(24(28)29)18-4-2-3-5-20(18)31-23/h2-5,8-11,14H,6-7,12H2,1H3. The number of thiophene rings is 1. The molecule has 6 rings (SSSR count). The zero-order chi connectivity index (χ0) is 21.1. The summed E-state index contributed by atoms with van der Waals surface area (Å²) in [7, 11) is 0. The summed E-state index contributed by atoms with van der Waals surface area (Å²) < 4.78 is 22.1. The van der Waals surface area contributed by atoms with E-state index >= 15 is 0 Å². The van der Waals surface area contributed by atoms with Gasteiger partial charge in [-0.05, 0) is 55.5 Å². The third-order valence-corrected chi connectivity index (χ3v) is 6.83. The Morgan fingerprint density at radius 1 is 1.19 bits per heavy atom. The van der Waals surface area contributed by atoms with Gasteiger partial charge in [-0.15, -0.1) is 11.3 Å². The second-order valence-electron chi connectivity index (χ2n) is 8.05. The maximum Gasteiger partial charge on any atom is 0.263 e. The van der Waals surface area contributed by atoms with Crippen molar-refractivity contribution in [2.45, 2.75) is 32.2 Å². The molecule has 1 fully saturated rings. The summed E-state index contributed by atoms with van der Waals surface area (Å²) >= 11 is 1.50. The molecule has 0 spiro atoms. The van der Waals surface area contributed by atoms with E-state index in [1.165, 1.54) is 17.4 Å². The lowest BCUT2D eigenvalue weighted by Gasteiger charge is -2.14. The Morgan fingerprint density at radius 3 is 2.81 bits per heavy atom. The maximum absolute atomic E-state index is 14.1. The molecule has 2 aromatic carbocycles. The Balaban J connectivity index is 1.67. The van der Waals surface area contributed by atoms with E-state index in [0.29, 0.717) is 27.7 Å². The normalized spacial score (nSPS) is 14.0. The van der Waals surface area contributed by atoms with Crippen LogP contribution in [0.4, 0.5) is 4.39 Å². The maximum atomic E-state index is 14.1. The Bertz CT molecular complexity index is 1530. The molecular formula is C24H18FN3O2S. The van der Waals surface area contributed by atoms with Gasteiger partial charge in [0, 0.05) is 21.7 Å². The molecule has 7 heteroatoms. The highest BCUT2D eigenvalue weighted by Gasteiger charge is 2.29. The van der Waals surface area contributed by atoms with Crippen LogP contribution < -0.4 is 5.56 Å². The van der Waals surface area contributed by atoms with Crippen molar-refractivity contribution in [1.82, 2.24) is 14.7 Å². The number of aryl methyl sites for hydroxylation is 1. The summed E-state index contributed by atoms with van der Waals surface area (Å²) in [4.78, 5) is 19.4. The highest BCUT2D eigenvalue weighted by Crippen LogP contribution is 2.44. The molecule has 1 saturated carbocycles. The SMILES string of the molecule is Cc1cc(Cn2c(-c3ccc(F)cc3C3CC3)nc3sc4ccccc4c3c2=O)on1. The number of fused-ring (bicyclic) bond motifs is 3. The van der Waals surface area contributed by atoms with Gasteiger partial charge >= 0.3 is 0 Å². The largest absolute Gasteiger partial charge is 0.359 e. The molecule has 5 aromatic rings. The quantitative estimate of drug-likeness (QED) is 0.369. The molecule has 0 atom stereocenters. The van der Waals surface area contributed by atoms with E-state index in [-0.39, 0.29) is 17.9 Å². The monoisotopic (exact) mass is 431 g/mol. The van der Waals surface area contributed by atoms with E-state index in [9.17, 15) is 9.18 Å². The number of rotatable bonds is 4. The molecule has 0 unspecified atom stereocenters. The van der Waals surface area contributed by atoms with E-state index in [1.807, 2.05) is 37.3 Å². The zero-order valence-corrected chi connectivity index (χ0v) is 17.6. The average molecular weight is 431 g/mol. The molecule has 0 N–H and O–H groups in total. The summed E-state index contributed by atoms with van der Waals surface area (Å²) in [6.07, 6.45) is 2.04. The van der Waals surface area contributed by atoms with Crippen molar-refractivity contribution >= 4 is 31.6 Å². The van der Waals surface area contributed by atoms with Gasteiger partial charge in [0.15, 0.2) is 5.76 Å². The number of aromatic nitrogens is 3. The van der Waals surface area contributed by atoms with Crippen LogP contribution in [0.1, 0.15) is 35.8 Å². The summed E-state index contributed by atoms with van der Waals surface area (Å²) in [5.41, 5.74) is 2.34. The van der Waals surface area contributed by atoms with Crippen LogP contribution in [0.3, 0.4) is 0 Å². The molecule has 0 aliphatic heterocycles. The van der Waals surface area contributed by atoms with E-state index in [0.717, 1.165) is 39.7 Å². The number of hydrogen-bond acceptors (Lipinski definition) is 5. The Morgan fingerprint density at radius 2 is 2.03 bits per heavy atom. The smallest absolute Gasteiger partial charge is 0.263 e. The van der Waals surface area contributed by atoms with Crippen LogP contribution in [0.5, 0.6) is 0 Å². The van der Waals surface area contributed by atoms with E-state index in [4.69, 9.17) is 9.51 Å². The predicted octanol–water partition coefficient (Wildman–Crippen LogP) is 5.64. The highest BCUT2D eigenvalue weighted by molar-refractivity contribution is 7.25. The van der Waals surface area contributed by atoms with E-state index in [1.54, 1.807) is 16.7 Å². The van der Waals surface area contributed by atoms with E-state index in [2.05, 4.69) is 5.16 Å². The third kappa shape index (κ3) is 3.08. The van der Waals surface area contributed by atoms with Crippen LogP contribution in [0.25, 0.3) is 31.7 Å². The van der Waals surface area contributed by atoms with Crippen molar-refractivity contribution in [1.29, 1.82) is 0 Å². The lowest BCUT2D eigenvalue weighted by molar-refractivity contribution is 0.372. The molecular weight excluding hydrogens is 413 g/mol. The van der Waals surface area contributed by atoms with E-state index < -0.39 is 0 Å².